The average molecular weight is 1730 g/mol. The molecule has 4 aliphatic rings. The van der Waals surface area contributed by atoms with Crippen LogP contribution in [0.15, 0.2) is 146 Å². The van der Waals surface area contributed by atoms with E-state index in [0.717, 1.165) is 95.7 Å². The van der Waals surface area contributed by atoms with E-state index in [-0.39, 0.29) is 74.3 Å². The quantitative estimate of drug-likeness (QED) is 0.163. The summed E-state index contributed by atoms with van der Waals surface area (Å²) in [7, 11) is 0. The molecule has 0 spiro atoms. The Labute approximate surface area is 787 Å². The molecule has 4 fully saturated rings. The lowest BCUT2D eigenvalue weighted by molar-refractivity contribution is 0.209. The van der Waals surface area contributed by atoms with E-state index in [9.17, 15) is 0 Å². The molecule has 0 aliphatic carbocycles. The van der Waals surface area contributed by atoms with Crippen LogP contribution in [0.5, 0.6) is 0 Å². The Morgan fingerprint density at radius 1 is 0.146 bits per heavy atom. The van der Waals surface area contributed by atoms with Crippen molar-refractivity contribution >= 4 is 64.6 Å². The first-order valence-corrected chi connectivity index (χ1v) is 48.3. The summed E-state index contributed by atoms with van der Waals surface area (Å²) in [6.45, 7) is 116. The van der Waals surface area contributed by atoms with E-state index < -0.39 is 0 Å². The lowest BCUT2D eigenvalue weighted by Crippen LogP contribution is -2.34. The van der Waals surface area contributed by atoms with Gasteiger partial charge >= 0.3 is 0 Å². The number of hydrogen-bond acceptors (Lipinski definition) is 4. The molecule has 8 aromatic rings. The molecule has 4 heteroatoms. The Balaban J connectivity index is -0.0000000534. The van der Waals surface area contributed by atoms with Gasteiger partial charge in [0.2, 0.25) is 0 Å². The van der Waals surface area contributed by atoms with E-state index in [0.29, 0.717) is 0 Å². The molecule has 8 aromatic carbocycles. The summed E-state index contributed by atoms with van der Waals surface area (Å²) in [5.74, 6) is 6.93. The zero-order valence-corrected chi connectivity index (χ0v) is 86.4. The van der Waals surface area contributed by atoms with Crippen molar-refractivity contribution < 1.29 is 0 Å². The summed E-state index contributed by atoms with van der Waals surface area (Å²) in [4.78, 5) is 10.4. The molecule has 0 saturated carbocycles. The van der Waals surface area contributed by atoms with Crippen molar-refractivity contribution in [1.82, 2.24) is 19.6 Å². The van der Waals surface area contributed by atoms with Crippen LogP contribution in [0.25, 0.3) is 64.6 Å². The van der Waals surface area contributed by atoms with E-state index >= 15 is 0 Å². The van der Waals surface area contributed by atoms with Crippen molar-refractivity contribution in [3.63, 3.8) is 0 Å². The number of fused-ring (bicyclic) bond motifs is 12. The van der Waals surface area contributed by atoms with Crippen molar-refractivity contribution in [3.05, 3.63) is 146 Å². The number of likely N-dealkylation sites (tertiary alicyclic amines) is 4. The van der Waals surface area contributed by atoms with Gasteiger partial charge in [0.1, 0.15) is 0 Å². The monoisotopic (exact) mass is 1730 g/mol. The molecule has 0 aromatic heterocycles. The Morgan fingerprint density at radius 2 is 0.203 bits per heavy atom. The topological polar surface area (TPSA) is 13.0 Å². The lowest BCUT2D eigenvalue weighted by Gasteiger charge is -2.25. The summed E-state index contributed by atoms with van der Waals surface area (Å²) in [6, 6.07) is 58.2. The third kappa shape index (κ3) is 51.8. The van der Waals surface area contributed by atoms with Crippen LogP contribution < -0.4 is 0 Å². The highest BCUT2D eigenvalue weighted by Gasteiger charge is 2.41. The van der Waals surface area contributed by atoms with Gasteiger partial charge in [-0.1, -0.05) is 531 Å². The van der Waals surface area contributed by atoms with Crippen molar-refractivity contribution in [1.29, 1.82) is 0 Å². The first-order valence-electron chi connectivity index (χ1n) is 48.3. The van der Waals surface area contributed by atoms with Crippen LogP contribution in [0.4, 0.5) is 0 Å². The number of benzene rings is 8. The van der Waals surface area contributed by atoms with Crippen LogP contribution in [-0.4, -0.2) is 94.1 Å². The maximum absolute atomic E-state index is 2.61. The average Bonchev–Trinajstić information content (AvgIpc) is 1.67. The fourth-order valence-corrected chi connectivity index (χ4v) is 15.4. The maximum atomic E-state index is 2.61. The maximum Gasteiger partial charge on any atom is 0.00984 e. The van der Waals surface area contributed by atoms with E-state index in [4.69, 9.17) is 0 Å². The second kappa shape index (κ2) is 109. The Morgan fingerprint density at radius 3 is 0.244 bits per heavy atom. The van der Waals surface area contributed by atoms with E-state index in [1.54, 1.807) is 0 Å². The SMILES string of the molecule is C.C.C.C.C.C.C.C.C.C.CC.CC.CC.CC.CC.CC.CC.CC.CC.CC.CC.CC.CC.CC.CC.CCC.CCN1[C@H](C)[C@H](C)[C@H](C)[C@@H]1C.CCN1[C@H](C)[C@H](C)[C@H](C)[C@@H]1C.CCN1[C@H](C)[C@H](C)[C@H](C)[C@@H]1C.CCN1[C@H](C)[C@H](C)[C@H](C)[C@@H]1C.c1ccc2c(c1)c1ccccc1c1ccccc21.c1ccc2c(c1)c1ccccc1c1ccccc21. The molecule has 16 atom stereocenters. The second-order valence-corrected chi connectivity index (χ2v) is 26.1. The largest absolute Gasteiger partial charge is 0.298 e. The molecule has 4 nitrogen and oxygen atoms in total. The molecule has 742 valence electrons. The van der Waals surface area contributed by atoms with Gasteiger partial charge in [-0.3, -0.25) is 19.6 Å². The van der Waals surface area contributed by atoms with Gasteiger partial charge in [0.25, 0.3) is 0 Å². The first kappa shape index (κ1) is 168. The molecular formula is C119H246N4. The molecule has 0 amide bonds. The van der Waals surface area contributed by atoms with E-state index in [1.165, 1.54) is 97.2 Å². The summed E-state index contributed by atoms with van der Waals surface area (Å²) in [5.41, 5.74) is 0. The Hall–Kier alpha value is -4.84. The van der Waals surface area contributed by atoms with Crippen LogP contribution in [0, 0.1) is 47.3 Å². The van der Waals surface area contributed by atoms with Gasteiger partial charge in [-0.05, 0) is 194 Å². The predicted octanol–water partition coefficient (Wildman–Crippen LogP) is 42.9. The minimum atomic E-state index is 0. The van der Waals surface area contributed by atoms with Gasteiger partial charge < -0.3 is 0 Å². The highest BCUT2D eigenvalue weighted by molar-refractivity contribution is 6.26. The van der Waals surface area contributed by atoms with Crippen molar-refractivity contribution in [2.24, 2.45) is 47.3 Å². The zero-order chi connectivity index (χ0) is 91.0. The highest BCUT2D eigenvalue weighted by atomic mass is 15.2. The summed E-state index contributed by atoms with van der Waals surface area (Å²) < 4.78 is 0. The van der Waals surface area contributed by atoms with Crippen molar-refractivity contribution in [2.75, 3.05) is 26.2 Å². The molecule has 0 N–H and O–H groups in total. The predicted molar refractivity (Wildman–Crippen MR) is 610 cm³/mol. The molecule has 0 unspecified atom stereocenters. The van der Waals surface area contributed by atoms with Gasteiger partial charge in [0, 0.05) is 48.3 Å². The number of rotatable bonds is 4. The minimum absolute atomic E-state index is 0. The van der Waals surface area contributed by atoms with Gasteiger partial charge in [-0.15, -0.1) is 0 Å². The van der Waals surface area contributed by atoms with Gasteiger partial charge in [-0.2, -0.15) is 0 Å². The normalized spacial score (nSPS) is 20.9. The van der Waals surface area contributed by atoms with Crippen LogP contribution in [0.3, 0.4) is 0 Å². The molecule has 0 radical (unpaired) electrons. The molecule has 0 bridgehead atoms. The standard InChI is InChI=1S/2C18H12.4C10H21N.C3H8.15C2H6.10CH4/c2*1-2-8-14-13(7-1)15-9-3-4-11-17(15)18-12-6-5-10-16(14)18;4*1-6-11-9(4)7(2)8(3)10(11)5;1-3-2;15*1-2;;;;;;;;;;/h2*1-12H;4*7-10H,6H2,1-5H3;3H2,1-2H3;15*1-2H3;10*1H4/t;;4*7-,8+,9-,10+;;;;;;;;;;;;;;;;;;;;;;;;;;. The second-order valence-electron chi connectivity index (χ2n) is 26.1. The van der Waals surface area contributed by atoms with Gasteiger partial charge in [0.15, 0.2) is 0 Å². The third-order valence-corrected chi connectivity index (χ3v) is 22.4. The zero-order valence-electron chi connectivity index (χ0n) is 86.4. The third-order valence-electron chi connectivity index (χ3n) is 22.4. The van der Waals surface area contributed by atoms with Crippen molar-refractivity contribution in [3.8, 4) is 0 Å². The van der Waals surface area contributed by atoms with Crippen LogP contribution in [0.1, 0.15) is 441 Å². The van der Waals surface area contributed by atoms with Crippen LogP contribution in [-0.2, 0) is 0 Å². The number of nitrogens with zero attached hydrogens (tertiary/aromatic N) is 4. The molecular weight excluding hydrogens is 1490 g/mol. The minimum Gasteiger partial charge on any atom is -0.298 e. The Bertz CT molecular complexity index is 2460. The summed E-state index contributed by atoms with van der Waals surface area (Å²) >= 11 is 0. The van der Waals surface area contributed by atoms with Crippen LogP contribution >= 0.6 is 0 Å². The Kier molecular flexibility index (Phi) is 150. The number of hydrogen-bond donors (Lipinski definition) is 0. The molecule has 123 heavy (non-hydrogen) atoms. The van der Waals surface area contributed by atoms with Gasteiger partial charge in [-0.25, -0.2) is 0 Å². The molecule has 4 heterocycles. The molecule has 4 saturated heterocycles. The highest BCUT2D eigenvalue weighted by Crippen LogP contribution is 2.39. The van der Waals surface area contributed by atoms with Gasteiger partial charge in [0.05, 0.1) is 0 Å². The summed E-state index contributed by atoms with van der Waals surface area (Å²) in [6.07, 6.45) is 1.25. The van der Waals surface area contributed by atoms with Crippen molar-refractivity contribution in [2.45, 2.75) is 489 Å². The van der Waals surface area contributed by atoms with E-state index in [1.807, 2.05) is 208 Å². The smallest absolute Gasteiger partial charge is 0.00984 e. The molecule has 12 rings (SSSR count). The molecule has 4 aliphatic heterocycles. The fraction of sp³-hybridized carbons (Fsp3) is 0.697. The first-order chi connectivity index (χ1) is 54.7. The van der Waals surface area contributed by atoms with Crippen LogP contribution in [0.2, 0.25) is 0 Å². The lowest BCUT2D eigenvalue weighted by atomic mass is 9.92. The summed E-state index contributed by atoms with van der Waals surface area (Å²) in [5, 5.41) is 16.1. The fourth-order valence-electron chi connectivity index (χ4n) is 15.4. The van der Waals surface area contributed by atoms with E-state index in [2.05, 4.69) is 318 Å².